The smallest absolute Gasteiger partial charge is 0.280 e. The lowest BCUT2D eigenvalue weighted by molar-refractivity contribution is -0.129. The number of likely N-dealkylation sites (N-methyl/N-ethyl adjacent to an activating group) is 1. The molecule has 3 aromatic rings. The first kappa shape index (κ1) is 20.5. The molecule has 1 unspecified atom stereocenters. The van der Waals surface area contributed by atoms with E-state index in [4.69, 9.17) is 5.73 Å². The number of guanidine groups is 1. The Morgan fingerprint density at radius 2 is 1.74 bits per heavy atom. The molecule has 1 aliphatic heterocycles. The number of aromatic nitrogens is 1. The molecule has 1 aromatic heterocycles. The number of halogens is 4. The van der Waals surface area contributed by atoms with Crippen molar-refractivity contribution in [3.05, 3.63) is 89.2 Å². The maximum atomic E-state index is 14.7. The Hall–Kier alpha value is -3.75. The molecule has 0 radical (unpaired) electrons. The normalized spacial score (nSPS) is 18.6. The lowest BCUT2D eigenvalue weighted by Gasteiger charge is -2.27. The Morgan fingerprint density at radius 1 is 1.03 bits per heavy atom. The van der Waals surface area contributed by atoms with Gasteiger partial charge in [-0.15, -0.1) is 0 Å². The Kier molecular flexibility index (Phi) is 4.96. The number of aliphatic imine (C=N–C) groups is 1. The van der Waals surface area contributed by atoms with Crippen molar-refractivity contribution in [1.82, 2.24) is 9.88 Å². The standard InChI is InChI=1S/C22H16F4N4O/c1-30-20(31)22(29-21(30)27,13-7-8-28-17(11-13)19(25)26)14-9-15(18(24)16(23)10-14)12-5-3-2-4-6-12/h2-11,19H,1H3,(H2,27,29). The van der Waals surface area contributed by atoms with E-state index in [0.29, 0.717) is 5.56 Å². The van der Waals surface area contributed by atoms with E-state index < -0.39 is 35.2 Å². The number of rotatable bonds is 4. The highest BCUT2D eigenvalue weighted by Crippen LogP contribution is 2.42. The summed E-state index contributed by atoms with van der Waals surface area (Å²) in [6.07, 6.45) is -1.80. The molecule has 2 heterocycles. The molecule has 1 aliphatic rings. The van der Waals surface area contributed by atoms with Crippen molar-refractivity contribution in [2.45, 2.75) is 12.0 Å². The minimum atomic E-state index is -2.91. The number of nitrogens with two attached hydrogens (primary N) is 1. The molecule has 0 fully saturated rings. The first-order chi connectivity index (χ1) is 14.8. The minimum Gasteiger partial charge on any atom is -0.369 e. The van der Waals surface area contributed by atoms with Crippen LogP contribution in [-0.2, 0) is 10.3 Å². The van der Waals surface area contributed by atoms with Crippen molar-refractivity contribution in [1.29, 1.82) is 0 Å². The van der Waals surface area contributed by atoms with Gasteiger partial charge in [0.25, 0.3) is 12.3 Å². The predicted octanol–water partition coefficient (Wildman–Crippen LogP) is 3.99. The second-order valence-corrected chi connectivity index (χ2v) is 7.00. The Labute approximate surface area is 174 Å². The molecule has 2 N–H and O–H groups in total. The third kappa shape index (κ3) is 3.22. The summed E-state index contributed by atoms with van der Waals surface area (Å²) in [4.78, 5) is 22.1. The van der Waals surface area contributed by atoms with Crippen LogP contribution in [-0.4, -0.2) is 28.8 Å². The number of alkyl halides is 2. The van der Waals surface area contributed by atoms with Crippen LogP contribution in [0.5, 0.6) is 0 Å². The van der Waals surface area contributed by atoms with Gasteiger partial charge < -0.3 is 5.73 Å². The van der Waals surface area contributed by atoms with Crippen molar-refractivity contribution in [3.8, 4) is 11.1 Å². The molecular formula is C22H16F4N4O. The van der Waals surface area contributed by atoms with Crippen molar-refractivity contribution in [3.63, 3.8) is 0 Å². The van der Waals surface area contributed by atoms with Crippen molar-refractivity contribution in [2.24, 2.45) is 10.7 Å². The van der Waals surface area contributed by atoms with Gasteiger partial charge >= 0.3 is 0 Å². The number of carbonyl (C=O) groups is 1. The van der Waals surface area contributed by atoms with Gasteiger partial charge in [0.1, 0.15) is 5.69 Å². The summed E-state index contributed by atoms with van der Waals surface area (Å²) in [7, 11) is 1.36. The van der Waals surface area contributed by atoms with Crippen molar-refractivity contribution < 1.29 is 22.4 Å². The Morgan fingerprint density at radius 3 is 2.35 bits per heavy atom. The molecule has 5 nitrogen and oxygen atoms in total. The molecule has 0 saturated heterocycles. The minimum absolute atomic E-state index is 0.0140. The van der Waals surface area contributed by atoms with Crippen LogP contribution in [0.4, 0.5) is 17.6 Å². The van der Waals surface area contributed by atoms with E-state index in [1.165, 1.54) is 19.2 Å². The number of nitrogens with zero attached hydrogens (tertiary/aromatic N) is 3. The van der Waals surface area contributed by atoms with Gasteiger partial charge in [-0.3, -0.25) is 14.7 Å². The maximum Gasteiger partial charge on any atom is 0.280 e. The molecule has 9 heteroatoms. The third-order valence-corrected chi connectivity index (χ3v) is 5.19. The van der Waals surface area contributed by atoms with Gasteiger partial charge in [-0.05, 0) is 41.0 Å². The van der Waals surface area contributed by atoms with Crippen molar-refractivity contribution >= 4 is 11.9 Å². The van der Waals surface area contributed by atoms with E-state index in [2.05, 4.69) is 9.98 Å². The van der Waals surface area contributed by atoms with Gasteiger partial charge in [0.05, 0.1) is 0 Å². The molecule has 31 heavy (non-hydrogen) atoms. The largest absolute Gasteiger partial charge is 0.369 e. The van der Waals surface area contributed by atoms with Gasteiger partial charge in [0.15, 0.2) is 23.1 Å². The fourth-order valence-electron chi connectivity index (χ4n) is 3.60. The highest BCUT2D eigenvalue weighted by Gasteiger charge is 2.50. The second-order valence-electron chi connectivity index (χ2n) is 7.00. The van der Waals surface area contributed by atoms with Gasteiger partial charge in [0.2, 0.25) is 0 Å². The first-order valence-corrected chi connectivity index (χ1v) is 9.18. The maximum absolute atomic E-state index is 14.7. The summed E-state index contributed by atoms with van der Waals surface area (Å²) in [5, 5.41) is 0. The number of amides is 1. The first-order valence-electron chi connectivity index (χ1n) is 9.18. The van der Waals surface area contributed by atoms with Crippen LogP contribution in [0.25, 0.3) is 11.1 Å². The lowest BCUT2D eigenvalue weighted by Crippen LogP contribution is -2.41. The molecule has 4 rings (SSSR count). The molecule has 1 amide bonds. The molecule has 0 aliphatic carbocycles. The molecule has 0 saturated carbocycles. The monoisotopic (exact) mass is 428 g/mol. The number of hydrogen-bond donors (Lipinski definition) is 1. The molecule has 1 atom stereocenters. The van der Waals surface area contributed by atoms with Gasteiger partial charge in [-0.25, -0.2) is 22.6 Å². The summed E-state index contributed by atoms with van der Waals surface area (Å²) in [5.74, 6) is -3.20. The van der Waals surface area contributed by atoms with Crippen LogP contribution in [0.3, 0.4) is 0 Å². The summed E-state index contributed by atoms with van der Waals surface area (Å²) in [5.41, 5.74) is 3.54. The average molecular weight is 428 g/mol. The summed E-state index contributed by atoms with van der Waals surface area (Å²) in [6.45, 7) is 0. The van der Waals surface area contributed by atoms with Crippen LogP contribution in [0.2, 0.25) is 0 Å². The summed E-state index contributed by atoms with van der Waals surface area (Å²) >= 11 is 0. The highest BCUT2D eigenvalue weighted by molar-refractivity contribution is 6.09. The van der Waals surface area contributed by atoms with E-state index in [0.717, 1.165) is 23.2 Å². The zero-order valence-corrected chi connectivity index (χ0v) is 16.2. The van der Waals surface area contributed by atoms with E-state index >= 15 is 0 Å². The van der Waals surface area contributed by atoms with E-state index in [9.17, 15) is 22.4 Å². The average Bonchev–Trinajstić information content (AvgIpc) is 3.01. The zero-order chi connectivity index (χ0) is 22.3. The number of hydrogen-bond acceptors (Lipinski definition) is 4. The fraction of sp³-hybridized carbons (Fsp3) is 0.136. The van der Waals surface area contributed by atoms with Gasteiger partial charge in [-0.1, -0.05) is 30.3 Å². The quantitative estimate of drug-likeness (QED) is 0.639. The SMILES string of the molecule is CN1C(=O)C(c2ccnc(C(F)F)c2)(c2cc(F)c(F)c(-c3ccccc3)c2)N=C1N. The number of carbonyl (C=O) groups excluding carboxylic acids is 1. The summed E-state index contributed by atoms with van der Waals surface area (Å²) in [6, 6.07) is 12.6. The Balaban J connectivity index is 2.02. The van der Waals surface area contributed by atoms with Gasteiger partial charge in [0, 0.05) is 18.8 Å². The van der Waals surface area contributed by atoms with E-state index in [1.54, 1.807) is 30.3 Å². The predicted molar refractivity (Wildman–Crippen MR) is 106 cm³/mol. The summed E-state index contributed by atoms with van der Waals surface area (Å²) < 4.78 is 55.9. The van der Waals surface area contributed by atoms with Crippen LogP contribution in [0.15, 0.2) is 65.8 Å². The van der Waals surface area contributed by atoms with Crippen LogP contribution in [0, 0.1) is 11.6 Å². The highest BCUT2D eigenvalue weighted by atomic mass is 19.3. The van der Waals surface area contributed by atoms with Gasteiger partial charge in [-0.2, -0.15) is 0 Å². The fourth-order valence-corrected chi connectivity index (χ4v) is 3.60. The Bertz CT molecular complexity index is 1200. The molecule has 0 spiro atoms. The number of pyridine rings is 1. The van der Waals surface area contributed by atoms with Crippen LogP contribution < -0.4 is 5.73 Å². The van der Waals surface area contributed by atoms with Crippen LogP contribution >= 0.6 is 0 Å². The topological polar surface area (TPSA) is 71.6 Å². The molecule has 158 valence electrons. The lowest BCUT2D eigenvalue weighted by atomic mass is 9.81. The zero-order valence-electron chi connectivity index (χ0n) is 16.2. The van der Waals surface area contributed by atoms with Crippen LogP contribution in [0.1, 0.15) is 23.2 Å². The molecule has 2 aromatic carbocycles. The second kappa shape index (κ2) is 7.50. The third-order valence-electron chi connectivity index (χ3n) is 5.19. The van der Waals surface area contributed by atoms with Crippen molar-refractivity contribution in [2.75, 3.05) is 7.05 Å². The molecule has 0 bridgehead atoms. The number of benzene rings is 2. The van der Waals surface area contributed by atoms with E-state index in [1.807, 2.05) is 0 Å². The van der Waals surface area contributed by atoms with E-state index in [-0.39, 0.29) is 22.6 Å². The molecular weight excluding hydrogens is 412 g/mol.